The second-order valence-electron chi connectivity index (χ2n) is 5.50. The number of rotatable bonds is 4. The van der Waals surface area contributed by atoms with Crippen LogP contribution in [0.3, 0.4) is 0 Å². The van der Waals surface area contributed by atoms with Crippen molar-refractivity contribution in [1.82, 2.24) is 15.2 Å². The average Bonchev–Trinajstić information content (AvgIpc) is 2.42. The highest BCUT2D eigenvalue weighted by Gasteiger charge is 2.30. The minimum absolute atomic E-state index is 0.184. The summed E-state index contributed by atoms with van der Waals surface area (Å²) in [5.41, 5.74) is 2.50. The molecule has 0 aromatic carbocycles. The summed E-state index contributed by atoms with van der Waals surface area (Å²) >= 11 is 0. The molecule has 4 heteroatoms. The van der Waals surface area contributed by atoms with E-state index in [-0.39, 0.29) is 12.1 Å². The Morgan fingerprint density at radius 2 is 2.26 bits per heavy atom. The van der Waals surface area contributed by atoms with Gasteiger partial charge in [0.05, 0.1) is 18.8 Å². The van der Waals surface area contributed by atoms with Gasteiger partial charge in [-0.05, 0) is 45.0 Å². The van der Waals surface area contributed by atoms with Crippen LogP contribution >= 0.6 is 0 Å². The third-order valence-electron chi connectivity index (χ3n) is 3.95. The van der Waals surface area contributed by atoms with Crippen molar-refractivity contribution in [2.75, 3.05) is 26.7 Å². The van der Waals surface area contributed by atoms with Gasteiger partial charge in [-0.15, -0.1) is 0 Å². The lowest BCUT2D eigenvalue weighted by atomic mass is 9.97. The van der Waals surface area contributed by atoms with Crippen LogP contribution in [-0.4, -0.2) is 48.8 Å². The Morgan fingerprint density at radius 3 is 2.89 bits per heavy atom. The largest absolute Gasteiger partial charge is 0.374 e. The molecule has 0 aliphatic carbocycles. The number of hydrogen-bond donors (Lipinski definition) is 1. The number of ether oxygens (including phenoxy) is 1. The lowest BCUT2D eigenvalue weighted by Crippen LogP contribution is -2.50. The molecular formula is C15H25N3O. The maximum atomic E-state index is 5.99. The van der Waals surface area contributed by atoms with E-state index in [0.29, 0.717) is 6.04 Å². The van der Waals surface area contributed by atoms with Crippen molar-refractivity contribution in [3.8, 4) is 0 Å². The summed E-state index contributed by atoms with van der Waals surface area (Å²) in [4.78, 5) is 6.73. The molecule has 1 aromatic heterocycles. The van der Waals surface area contributed by atoms with E-state index in [1.165, 1.54) is 11.1 Å². The number of morpholine rings is 1. The van der Waals surface area contributed by atoms with E-state index in [4.69, 9.17) is 4.74 Å². The zero-order valence-electron chi connectivity index (χ0n) is 12.4. The van der Waals surface area contributed by atoms with Crippen LogP contribution in [0.5, 0.6) is 0 Å². The summed E-state index contributed by atoms with van der Waals surface area (Å²) in [6.45, 7) is 9.41. The number of likely N-dealkylation sites (N-methyl/N-ethyl adjacent to an activating group) is 1. The van der Waals surface area contributed by atoms with Crippen molar-refractivity contribution in [1.29, 1.82) is 0 Å². The zero-order valence-corrected chi connectivity index (χ0v) is 12.4. The van der Waals surface area contributed by atoms with Gasteiger partial charge in [0.25, 0.3) is 0 Å². The maximum Gasteiger partial charge on any atom is 0.0897 e. The first-order valence-corrected chi connectivity index (χ1v) is 7.07. The SMILES string of the molecule is CNC(c1cnccc1C)C1CN(C(C)C)CCO1. The Hall–Kier alpha value is -0.970. The first-order chi connectivity index (χ1) is 9.13. The smallest absolute Gasteiger partial charge is 0.0897 e. The van der Waals surface area contributed by atoms with Gasteiger partial charge in [-0.3, -0.25) is 9.88 Å². The number of nitrogens with one attached hydrogen (secondary N) is 1. The molecule has 2 rings (SSSR count). The molecule has 1 saturated heterocycles. The summed E-state index contributed by atoms with van der Waals surface area (Å²) in [5, 5.41) is 3.40. The van der Waals surface area contributed by atoms with Crippen LogP contribution in [0, 0.1) is 6.92 Å². The van der Waals surface area contributed by atoms with Crippen molar-refractivity contribution < 1.29 is 4.74 Å². The highest BCUT2D eigenvalue weighted by molar-refractivity contribution is 5.26. The third kappa shape index (κ3) is 3.32. The standard InChI is InChI=1S/C15H25N3O/c1-11(2)18-7-8-19-14(10-18)15(16-4)13-9-17-6-5-12(13)3/h5-6,9,11,14-16H,7-8,10H2,1-4H3. The fourth-order valence-electron chi connectivity index (χ4n) is 2.71. The number of pyridine rings is 1. The van der Waals surface area contributed by atoms with Gasteiger partial charge in [0.15, 0.2) is 0 Å². The van der Waals surface area contributed by atoms with Gasteiger partial charge >= 0.3 is 0 Å². The van der Waals surface area contributed by atoms with Gasteiger partial charge in [-0.2, -0.15) is 0 Å². The Balaban J connectivity index is 2.16. The van der Waals surface area contributed by atoms with Crippen LogP contribution in [0.15, 0.2) is 18.5 Å². The molecule has 2 atom stereocenters. The average molecular weight is 263 g/mol. The second kappa shape index (κ2) is 6.46. The molecule has 4 nitrogen and oxygen atoms in total. The molecule has 1 N–H and O–H groups in total. The van der Waals surface area contributed by atoms with Crippen molar-refractivity contribution in [3.63, 3.8) is 0 Å². The van der Waals surface area contributed by atoms with E-state index in [2.05, 4.69) is 42.0 Å². The predicted molar refractivity (Wildman–Crippen MR) is 77.2 cm³/mol. The van der Waals surface area contributed by atoms with Gasteiger partial charge in [0.1, 0.15) is 0 Å². The Labute approximate surface area is 116 Å². The Kier molecular flexibility index (Phi) is 4.91. The molecule has 0 bridgehead atoms. The molecule has 2 unspecified atom stereocenters. The lowest BCUT2D eigenvalue weighted by Gasteiger charge is -2.39. The fraction of sp³-hybridized carbons (Fsp3) is 0.667. The zero-order chi connectivity index (χ0) is 13.8. The first-order valence-electron chi connectivity index (χ1n) is 7.07. The highest BCUT2D eigenvalue weighted by Crippen LogP contribution is 2.24. The summed E-state index contributed by atoms with van der Waals surface area (Å²) in [6.07, 6.45) is 3.98. The van der Waals surface area contributed by atoms with Crippen molar-refractivity contribution >= 4 is 0 Å². The van der Waals surface area contributed by atoms with E-state index >= 15 is 0 Å². The fourth-order valence-corrected chi connectivity index (χ4v) is 2.71. The summed E-state index contributed by atoms with van der Waals surface area (Å²) < 4.78 is 5.99. The molecule has 1 aliphatic rings. The molecule has 1 aromatic rings. The van der Waals surface area contributed by atoms with Crippen molar-refractivity contribution in [2.45, 2.75) is 39.0 Å². The van der Waals surface area contributed by atoms with E-state index in [1.54, 1.807) is 0 Å². The quantitative estimate of drug-likeness (QED) is 0.898. The van der Waals surface area contributed by atoms with Crippen LogP contribution in [0.1, 0.15) is 31.0 Å². The molecule has 0 amide bonds. The molecule has 0 spiro atoms. The highest BCUT2D eigenvalue weighted by atomic mass is 16.5. The van der Waals surface area contributed by atoms with Crippen molar-refractivity contribution in [3.05, 3.63) is 29.6 Å². The van der Waals surface area contributed by atoms with Crippen molar-refractivity contribution in [2.24, 2.45) is 0 Å². The van der Waals surface area contributed by atoms with Gasteiger partial charge < -0.3 is 10.1 Å². The Bertz CT molecular complexity index is 408. The van der Waals surface area contributed by atoms with Crippen LogP contribution in [0.25, 0.3) is 0 Å². The lowest BCUT2D eigenvalue weighted by molar-refractivity contribution is -0.0551. The van der Waals surface area contributed by atoms with Crippen LogP contribution in [0.2, 0.25) is 0 Å². The van der Waals surface area contributed by atoms with Crippen LogP contribution in [-0.2, 0) is 4.74 Å². The predicted octanol–water partition coefficient (Wildman–Crippen LogP) is 1.76. The van der Waals surface area contributed by atoms with Crippen LogP contribution < -0.4 is 5.32 Å². The molecular weight excluding hydrogens is 238 g/mol. The normalized spacial score (nSPS) is 22.7. The molecule has 106 valence electrons. The van der Waals surface area contributed by atoms with E-state index in [9.17, 15) is 0 Å². The minimum atomic E-state index is 0.184. The minimum Gasteiger partial charge on any atom is -0.374 e. The molecule has 1 aliphatic heterocycles. The Morgan fingerprint density at radius 1 is 1.47 bits per heavy atom. The van der Waals surface area contributed by atoms with Crippen LogP contribution in [0.4, 0.5) is 0 Å². The first kappa shape index (κ1) is 14.4. The molecule has 19 heavy (non-hydrogen) atoms. The summed E-state index contributed by atoms with van der Waals surface area (Å²) in [6, 6.07) is 2.83. The van der Waals surface area contributed by atoms with E-state index < -0.39 is 0 Å². The van der Waals surface area contributed by atoms with Gasteiger partial charge in [0.2, 0.25) is 0 Å². The summed E-state index contributed by atoms with van der Waals surface area (Å²) in [5.74, 6) is 0. The summed E-state index contributed by atoms with van der Waals surface area (Å²) in [7, 11) is 1.99. The topological polar surface area (TPSA) is 37.4 Å². The third-order valence-corrected chi connectivity index (χ3v) is 3.95. The van der Waals surface area contributed by atoms with E-state index in [1.807, 2.05) is 19.4 Å². The van der Waals surface area contributed by atoms with E-state index in [0.717, 1.165) is 19.7 Å². The molecule has 1 fully saturated rings. The van der Waals surface area contributed by atoms with Gasteiger partial charge in [-0.25, -0.2) is 0 Å². The molecule has 0 saturated carbocycles. The number of hydrogen-bond acceptors (Lipinski definition) is 4. The molecule has 2 heterocycles. The second-order valence-corrected chi connectivity index (χ2v) is 5.50. The monoisotopic (exact) mass is 263 g/mol. The number of aryl methyl sites for hydroxylation is 1. The van der Waals surface area contributed by atoms with Gasteiger partial charge in [0, 0.05) is 31.5 Å². The number of aromatic nitrogens is 1. The van der Waals surface area contributed by atoms with Gasteiger partial charge in [-0.1, -0.05) is 0 Å². The number of nitrogens with zero attached hydrogens (tertiary/aromatic N) is 2. The molecule has 0 radical (unpaired) electrons. The maximum absolute atomic E-state index is 5.99.